The fraction of sp³-hybridized carbons (Fsp3) is 0.435. The highest BCUT2D eigenvalue weighted by atomic mass is 19.1. The molecule has 0 saturated carbocycles. The molecule has 150 valence electrons. The first-order valence-electron chi connectivity index (χ1n) is 9.93. The van der Waals surface area contributed by atoms with Gasteiger partial charge in [-0.3, -0.25) is 4.98 Å². The van der Waals surface area contributed by atoms with Crippen LogP contribution < -0.4 is 5.73 Å². The zero-order valence-electron chi connectivity index (χ0n) is 17.2. The van der Waals surface area contributed by atoms with E-state index in [4.69, 9.17) is 5.73 Å². The average molecular weight is 383 g/mol. The molecule has 28 heavy (non-hydrogen) atoms. The molecule has 0 aliphatic carbocycles. The van der Waals surface area contributed by atoms with E-state index in [0.717, 1.165) is 48.9 Å². The Hall–Kier alpha value is -2.56. The SMILES string of the molecule is C=C(C)C(F)CCCCCC/C(C)=C/C(=C\C)c1cnc2ccc(N)nc2n1. The van der Waals surface area contributed by atoms with Crippen molar-refractivity contribution >= 4 is 22.6 Å². The van der Waals surface area contributed by atoms with E-state index >= 15 is 0 Å². The smallest absolute Gasteiger partial charge is 0.180 e. The van der Waals surface area contributed by atoms with E-state index in [9.17, 15) is 4.39 Å². The van der Waals surface area contributed by atoms with E-state index in [1.807, 2.05) is 19.1 Å². The molecule has 5 heteroatoms. The van der Waals surface area contributed by atoms with Gasteiger partial charge in [-0.05, 0) is 63.3 Å². The lowest BCUT2D eigenvalue weighted by Crippen LogP contribution is -2.00. The number of pyridine rings is 1. The molecule has 2 aromatic rings. The van der Waals surface area contributed by atoms with Crippen molar-refractivity contribution in [1.29, 1.82) is 0 Å². The van der Waals surface area contributed by atoms with Crippen molar-refractivity contribution in [2.24, 2.45) is 0 Å². The number of fused-ring (bicyclic) bond motifs is 1. The maximum atomic E-state index is 13.5. The molecule has 0 aliphatic heterocycles. The van der Waals surface area contributed by atoms with Crippen LogP contribution in [0.1, 0.15) is 65.0 Å². The molecular formula is C23H31FN4. The third-order valence-corrected chi connectivity index (χ3v) is 4.75. The summed E-state index contributed by atoms with van der Waals surface area (Å²) in [5.74, 6) is 0.440. The summed E-state index contributed by atoms with van der Waals surface area (Å²) in [4.78, 5) is 13.3. The topological polar surface area (TPSA) is 64.7 Å². The number of aromatic nitrogens is 3. The summed E-state index contributed by atoms with van der Waals surface area (Å²) in [5, 5.41) is 0. The van der Waals surface area contributed by atoms with Gasteiger partial charge >= 0.3 is 0 Å². The van der Waals surface area contributed by atoms with Crippen LogP contribution in [0.4, 0.5) is 10.2 Å². The van der Waals surface area contributed by atoms with E-state index < -0.39 is 6.17 Å². The monoisotopic (exact) mass is 382 g/mol. The van der Waals surface area contributed by atoms with Gasteiger partial charge in [-0.2, -0.15) is 0 Å². The molecular weight excluding hydrogens is 351 g/mol. The van der Waals surface area contributed by atoms with Crippen LogP contribution in [0.3, 0.4) is 0 Å². The maximum absolute atomic E-state index is 13.5. The van der Waals surface area contributed by atoms with E-state index in [1.54, 1.807) is 19.2 Å². The van der Waals surface area contributed by atoms with Gasteiger partial charge in [-0.15, -0.1) is 0 Å². The normalized spacial score (nSPS) is 13.7. The zero-order valence-corrected chi connectivity index (χ0v) is 17.2. The standard InChI is InChI=1S/C23H31FN4/c1-5-18(21-15-26-20-12-13-22(25)28-23(20)27-21)14-17(4)10-8-6-7-9-11-19(24)16(2)3/h5,12-15,19H,2,6-11H2,1,3-4H3,(H2,25,27,28)/b17-14+,18-5+. The summed E-state index contributed by atoms with van der Waals surface area (Å²) >= 11 is 0. The lowest BCUT2D eigenvalue weighted by molar-refractivity contribution is 0.349. The van der Waals surface area contributed by atoms with Gasteiger partial charge in [-0.25, -0.2) is 14.4 Å². The van der Waals surface area contributed by atoms with Gasteiger partial charge in [0.25, 0.3) is 0 Å². The number of nitrogen functional groups attached to an aromatic ring is 1. The molecule has 2 aromatic heterocycles. The molecule has 0 aliphatic rings. The highest BCUT2D eigenvalue weighted by Crippen LogP contribution is 2.20. The summed E-state index contributed by atoms with van der Waals surface area (Å²) in [6.45, 7) is 9.54. The molecule has 0 radical (unpaired) electrons. The second kappa shape index (κ2) is 10.7. The number of nitrogens with zero attached hydrogens (tertiary/aromatic N) is 3. The Morgan fingerprint density at radius 2 is 1.93 bits per heavy atom. The van der Waals surface area contributed by atoms with Crippen LogP contribution in [-0.4, -0.2) is 21.1 Å². The number of alkyl halides is 1. The Morgan fingerprint density at radius 1 is 1.18 bits per heavy atom. The molecule has 0 spiro atoms. The first kappa shape index (κ1) is 21.7. The average Bonchev–Trinajstić information content (AvgIpc) is 2.67. The third kappa shape index (κ3) is 6.55. The van der Waals surface area contributed by atoms with Gasteiger partial charge in [0, 0.05) is 0 Å². The van der Waals surface area contributed by atoms with Gasteiger partial charge in [0.1, 0.15) is 17.5 Å². The molecule has 0 aromatic carbocycles. The quantitative estimate of drug-likeness (QED) is 0.301. The first-order valence-corrected chi connectivity index (χ1v) is 9.93. The predicted octanol–water partition coefficient (Wildman–Crippen LogP) is 6.21. The van der Waals surface area contributed by atoms with Crippen molar-refractivity contribution in [3.05, 3.63) is 53.9 Å². The molecule has 0 fully saturated rings. The fourth-order valence-corrected chi connectivity index (χ4v) is 3.02. The molecule has 1 atom stereocenters. The number of unbranched alkanes of at least 4 members (excludes halogenated alkanes) is 3. The summed E-state index contributed by atoms with van der Waals surface area (Å²) in [6.07, 6.45) is 10.9. The minimum Gasteiger partial charge on any atom is -0.384 e. The van der Waals surface area contributed by atoms with Crippen molar-refractivity contribution in [1.82, 2.24) is 15.0 Å². The first-order chi connectivity index (χ1) is 13.4. The van der Waals surface area contributed by atoms with Crippen LogP contribution in [0.25, 0.3) is 16.7 Å². The molecule has 2 rings (SSSR count). The molecule has 2 N–H and O–H groups in total. The van der Waals surface area contributed by atoms with Crippen LogP contribution in [-0.2, 0) is 0 Å². The molecule has 1 unspecified atom stereocenters. The van der Waals surface area contributed by atoms with Gasteiger partial charge in [0.15, 0.2) is 5.65 Å². The Balaban J connectivity index is 1.89. The number of hydrogen-bond acceptors (Lipinski definition) is 4. The van der Waals surface area contributed by atoms with Crippen molar-refractivity contribution < 1.29 is 4.39 Å². The minimum absolute atomic E-state index is 0.440. The number of hydrogen-bond donors (Lipinski definition) is 1. The summed E-state index contributed by atoms with van der Waals surface area (Å²) in [6, 6.07) is 3.55. The van der Waals surface area contributed by atoms with Crippen LogP contribution in [0, 0.1) is 0 Å². The second-order valence-corrected chi connectivity index (χ2v) is 7.34. The number of halogens is 1. The van der Waals surface area contributed by atoms with E-state index in [2.05, 4.69) is 34.5 Å². The summed E-state index contributed by atoms with van der Waals surface area (Å²) in [7, 11) is 0. The molecule has 0 saturated heterocycles. The van der Waals surface area contributed by atoms with E-state index in [0.29, 0.717) is 23.5 Å². The van der Waals surface area contributed by atoms with E-state index in [-0.39, 0.29) is 0 Å². The Kier molecular flexibility index (Phi) is 8.30. The number of rotatable bonds is 10. The second-order valence-electron chi connectivity index (χ2n) is 7.34. The maximum Gasteiger partial charge on any atom is 0.180 e. The Bertz CT molecular complexity index is 870. The van der Waals surface area contributed by atoms with Crippen LogP contribution in [0.2, 0.25) is 0 Å². The highest BCUT2D eigenvalue weighted by molar-refractivity contribution is 5.77. The molecule has 0 bridgehead atoms. The largest absolute Gasteiger partial charge is 0.384 e. The highest BCUT2D eigenvalue weighted by Gasteiger charge is 2.07. The van der Waals surface area contributed by atoms with Crippen LogP contribution in [0.15, 0.2) is 48.2 Å². The molecule has 0 amide bonds. The van der Waals surface area contributed by atoms with Crippen LogP contribution >= 0.6 is 0 Å². The number of nitrogens with two attached hydrogens (primary N) is 1. The van der Waals surface area contributed by atoms with Crippen molar-refractivity contribution in [2.45, 2.75) is 65.5 Å². The van der Waals surface area contributed by atoms with Crippen molar-refractivity contribution in [3.8, 4) is 0 Å². The lowest BCUT2D eigenvalue weighted by atomic mass is 10.0. The lowest BCUT2D eigenvalue weighted by Gasteiger charge is -2.08. The van der Waals surface area contributed by atoms with Gasteiger partial charge in [0.05, 0.1) is 11.9 Å². The zero-order chi connectivity index (χ0) is 20.5. The minimum atomic E-state index is -0.855. The Labute approximate surface area is 167 Å². The molecule has 2 heterocycles. The fourth-order valence-electron chi connectivity index (χ4n) is 3.02. The van der Waals surface area contributed by atoms with Crippen molar-refractivity contribution in [3.63, 3.8) is 0 Å². The van der Waals surface area contributed by atoms with Crippen molar-refractivity contribution in [2.75, 3.05) is 5.73 Å². The van der Waals surface area contributed by atoms with Crippen LogP contribution in [0.5, 0.6) is 0 Å². The number of allylic oxidation sites excluding steroid dienone is 5. The summed E-state index contributed by atoms with van der Waals surface area (Å²) in [5.41, 5.74) is 10.8. The van der Waals surface area contributed by atoms with Gasteiger partial charge in [0.2, 0.25) is 0 Å². The third-order valence-electron chi connectivity index (χ3n) is 4.75. The predicted molar refractivity (Wildman–Crippen MR) is 117 cm³/mol. The van der Waals surface area contributed by atoms with Gasteiger partial charge < -0.3 is 5.73 Å². The van der Waals surface area contributed by atoms with E-state index in [1.165, 1.54) is 5.57 Å². The Morgan fingerprint density at radius 3 is 2.64 bits per heavy atom. The number of anilines is 1. The molecule has 4 nitrogen and oxygen atoms in total. The summed E-state index contributed by atoms with van der Waals surface area (Å²) < 4.78 is 13.5. The van der Waals surface area contributed by atoms with Gasteiger partial charge in [-0.1, -0.05) is 43.6 Å².